The first-order valence-corrected chi connectivity index (χ1v) is 7.15. The molecule has 1 heterocycles. The van der Waals surface area contributed by atoms with Gasteiger partial charge in [0.15, 0.2) is 0 Å². The Hall–Kier alpha value is -0.570. The van der Waals surface area contributed by atoms with E-state index in [1.54, 1.807) is 0 Å². The number of rotatable bonds is 6. The van der Waals surface area contributed by atoms with Gasteiger partial charge in [-0.25, -0.2) is 0 Å². The van der Waals surface area contributed by atoms with E-state index < -0.39 is 0 Å². The number of hydrogen-bond acceptors (Lipinski definition) is 2. The van der Waals surface area contributed by atoms with Crippen molar-refractivity contribution >= 4 is 5.91 Å². The number of aliphatic hydroxyl groups is 1. The van der Waals surface area contributed by atoms with Crippen LogP contribution in [0.4, 0.5) is 0 Å². The summed E-state index contributed by atoms with van der Waals surface area (Å²) in [5, 5.41) is 9.35. The van der Waals surface area contributed by atoms with E-state index in [1.165, 1.54) is 0 Å². The van der Waals surface area contributed by atoms with Crippen LogP contribution in [0.5, 0.6) is 0 Å². The first kappa shape index (κ1) is 14.5. The molecule has 0 radical (unpaired) electrons. The topological polar surface area (TPSA) is 40.5 Å². The van der Waals surface area contributed by atoms with Crippen LogP contribution >= 0.6 is 0 Å². The smallest absolute Gasteiger partial charge is 0.225 e. The maximum Gasteiger partial charge on any atom is 0.225 e. The minimum absolute atomic E-state index is 0.0759. The fraction of sp³-hybridized carbons (Fsp3) is 0.929. The van der Waals surface area contributed by atoms with Gasteiger partial charge in [-0.2, -0.15) is 0 Å². The Kier molecular flexibility index (Phi) is 6.56. The molecule has 0 spiro atoms. The van der Waals surface area contributed by atoms with Crippen molar-refractivity contribution in [2.24, 2.45) is 5.92 Å². The Morgan fingerprint density at radius 2 is 2.18 bits per heavy atom. The lowest BCUT2D eigenvalue weighted by Crippen LogP contribution is -2.48. The number of nitrogens with zero attached hydrogens (tertiary/aromatic N) is 1. The molecule has 17 heavy (non-hydrogen) atoms. The average Bonchev–Trinajstić information content (AvgIpc) is 2.39. The summed E-state index contributed by atoms with van der Waals surface area (Å²) < 4.78 is 0. The van der Waals surface area contributed by atoms with E-state index in [0.29, 0.717) is 0 Å². The minimum Gasteiger partial charge on any atom is -0.394 e. The molecule has 1 aliphatic heterocycles. The van der Waals surface area contributed by atoms with Gasteiger partial charge in [-0.1, -0.05) is 26.7 Å². The fourth-order valence-corrected chi connectivity index (χ4v) is 2.67. The predicted octanol–water partition coefficient (Wildman–Crippen LogP) is 2.58. The summed E-state index contributed by atoms with van der Waals surface area (Å²) in [4.78, 5) is 14.4. The van der Waals surface area contributed by atoms with Gasteiger partial charge in [0.25, 0.3) is 0 Å². The molecule has 0 aromatic carbocycles. The summed E-state index contributed by atoms with van der Waals surface area (Å²) in [6.45, 7) is 5.22. The quantitative estimate of drug-likeness (QED) is 0.776. The van der Waals surface area contributed by atoms with Gasteiger partial charge in [-0.05, 0) is 32.1 Å². The normalized spacial score (nSPS) is 22.5. The largest absolute Gasteiger partial charge is 0.394 e. The van der Waals surface area contributed by atoms with Crippen molar-refractivity contribution < 1.29 is 9.90 Å². The Balaban J connectivity index is 2.57. The van der Waals surface area contributed by atoms with Gasteiger partial charge in [0.2, 0.25) is 5.91 Å². The molecule has 3 nitrogen and oxygen atoms in total. The Morgan fingerprint density at radius 3 is 2.76 bits per heavy atom. The van der Waals surface area contributed by atoms with E-state index in [-0.39, 0.29) is 24.5 Å². The van der Waals surface area contributed by atoms with Crippen LogP contribution in [-0.2, 0) is 4.79 Å². The second-order valence-electron chi connectivity index (χ2n) is 5.11. The molecule has 2 unspecified atom stereocenters. The van der Waals surface area contributed by atoms with Gasteiger partial charge in [0.05, 0.1) is 12.6 Å². The number of carbonyl (C=O) groups is 1. The zero-order valence-corrected chi connectivity index (χ0v) is 11.3. The summed E-state index contributed by atoms with van der Waals surface area (Å²) >= 11 is 0. The van der Waals surface area contributed by atoms with Gasteiger partial charge in [-0.3, -0.25) is 4.79 Å². The van der Waals surface area contributed by atoms with Crippen LogP contribution in [0.3, 0.4) is 0 Å². The molecule has 1 aliphatic rings. The summed E-state index contributed by atoms with van der Waals surface area (Å²) in [5.74, 6) is 0.446. The minimum atomic E-state index is 0.0759. The van der Waals surface area contributed by atoms with Crippen LogP contribution in [0.25, 0.3) is 0 Å². The summed E-state index contributed by atoms with van der Waals surface area (Å²) in [6, 6.07) is 0.0759. The van der Waals surface area contributed by atoms with Gasteiger partial charge >= 0.3 is 0 Å². The highest BCUT2D eigenvalue weighted by molar-refractivity contribution is 5.79. The zero-order chi connectivity index (χ0) is 12.7. The highest BCUT2D eigenvalue weighted by Crippen LogP contribution is 2.22. The third-order valence-electron chi connectivity index (χ3n) is 3.87. The van der Waals surface area contributed by atoms with Crippen LogP contribution in [0.1, 0.15) is 58.8 Å². The number of carbonyl (C=O) groups excluding carboxylic acids is 1. The van der Waals surface area contributed by atoms with Crippen molar-refractivity contribution in [3.63, 3.8) is 0 Å². The molecule has 0 aromatic rings. The second kappa shape index (κ2) is 7.70. The maximum absolute atomic E-state index is 12.4. The van der Waals surface area contributed by atoms with Crippen LogP contribution < -0.4 is 0 Å². The van der Waals surface area contributed by atoms with Crippen molar-refractivity contribution in [1.29, 1.82) is 0 Å². The molecule has 0 aromatic heterocycles. The molecule has 1 amide bonds. The van der Waals surface area contributed by atoms with Crippen LogP contribution in [0.2, 0.25) is 0 Å². The molecule has 3 heteroatoms. The molecule has 2 atom stereocenters. The lowest BCUT2D eigenvalue weighted by Gasteiger charge is -2.36. The average molecular weight is 241 g/mol. The highest BCUT2D eigenvalue weighted by Gasteiger charge is 2.29. The first-order valence-electron chi connectivity index (χ1n) is 7.15. The zero-order valence-electron chi connectivity index (χ0n) is 11.3. The SMILES string of the molecule is CCCCC(CC)C(=O)N1CCCCC1CO. The van der Waals surface area contributed by atoms with Gasteiger partial charge < -0.3 is 10.0 Å². The van der Waals surface area contributed by atoms with E-state index in [4.69, 9.17) is 0 Å². The molecule has 0 saturated carbocycles. The molecule has 0 aliphatic carbocycles. The van der Waals surface area contributed by atoms with Crippen LogP contribution in [0, 0.1) is 5.92 Å². The Morgan fingerprint density at radius 1 is 1.41 bits per heavy atom. The first-order chi connectivity index (χ1) is 8.24. The molecular weight excluding hydrogens is 214 g/mol. The van der Waals surface area contributed by atoms with E-state index in [9.17, 15) is 9.90 Å². The van der Waals surface area contributed by atoms with Gasteiger partial charge in [-0.15, -0.1) is 0 Å². The molecule has 1 rings (SSSR count). The van der Waals surface area contributed by atoms with Crippen molar-refractivity contribution in [2.45, 2.75) is 64.8 Å². The maximum atomic E-state index is 12.4. The van der Waals surface area contributed by atoms with Gasteiger partial charge in [0, 0.05) is 12.5 Å². The molecule has 1 N–H and O–H groups in total. The lowest BCUT2D eigenvalue weighted by molar-refractivity contribution is -0.140. The summed E-state index contributed by atoms with van der Waals surface area (Å²) in [5.41, 5.74) is 0. The predicted molar refractivity (Wildman–Crippen MR) is 69.7 cm³/mol. The number of amides is 1. The van der Waals surface area contributed by atoms with E-state index >= 15 is 0 Å². The molecule has 1 saturated heterocycles. The number of likely N-dealkylation sites (tertiary alicyclic amines) is 1. The second-order valence-corrected chi connectivity index (χ2v) is 5.11. The molecule has 100 valence electrons. The molecular formula is C14H27NO2. The van der Waals surface area contributed by atoms with Crippen LogP contribution in [-0.4, -0.2) is 35.1 Å². The van der Waals surface area contributed by atoms with E-state index in [1.807, 2.05) is 4.90 Å². The number of piperidine rings is 1. The number of hydrogen-bond donors (Lipinski definition) is 1. The summed E-state index contributed by atoms with van der Waals surface area (Å²) in [7, 11) is 0. The van der Waals surface area contributed by atoms with E-state index in [0.717, 1.165) is 51.5 Å². The Bertz CT molecular complexity index is 230. The van der Waals surface area contributed by atoms with Crippen molar-refractivity contribution in [3.05, 3.63) is 0 Å². The van der Waals surface area contributed by atoms with E-state index in [2.05, 4.69) is 13.8 Å². The highest BCUT2D eigenvalue weighted by atomic mass is 16.3. The number of unbranched alkanes of at least 4 members (excludes halogenated alkanes) is 1. The van der Waals surface area contributed by atoms with Crippen molar-refractivity contribution in [2.75, 3.05) is 13.2 Å². The Labute approximate surface area is 105 Å². The standard InChI is InChI=1S/C14H27NO2/c1-3-5-8-12(4-2)14(17)15-10-7-6-9-13(15)11-16/h12-13,16H,3-11H2,1-2H3. The number of aliphatic hydroxyl groups excluding tert-OH is 1. The summed E-state index contributed by atoms with van der Waals surface area (Å²) in [6.07, 6.45) is 7.39. The van der Waals surface area contributed by atoms with Crippen LogP contribution in [0.15, 0.2) is 0 Å². The van der Waals surface area contributed by atoms with Crippen molar-refractivity contribution in [3.8, 4) is 0 Å². The third kappa shape index (κ3) is 3.98. The van der Waals surface area contributed by atoms with Crippen molar-refractivity contribution in [1.82, 2.24) is 4.90 Å². The fourth-order valence-electron chi connectivity index (χ4n) is 2.67. The monoisotopic (exact) mass is 241 g/mol. The third-order valence-corrected chi connectivity index (χ3v) is 3.87. The lowest BCUT2D eigenvalue weighted by atomic mass is 9.94. The molecule has 1 fully saturated rings. The molecule has 0 bridgehead atoms. The van der Waals surface area contributed by atoms with Gasteiger partial charge in [0.1, 0.15) is 0 Å².